The Labute approximate surface area is 67.0 Å². The molecule has 0 heterocycles. The van der Waals surface area contributed by atoms with Gasteiger partial charge >= 0.3 is 0 Å². The van der Waals surface area contributed by atoms with E-state index in [4.69, 9.17) is 0 Å². The molecule has 11 heavy (non-hydrogen) atoms. The van der Waals surface area contributed by atoms with Crippen molar-refractivity contribution in [3.8, 4) is 0 Å². The van der Waals surface area contributed by atoms with Crippen molar-refractivity contribution >= 4 is 0 Å². The number of rotatable bonds is 1. The number of nitroso groups, excluding NO2 is 1. The first-order valence-electron chi connectivity index (χ1n) is 3.87. The fourth-order valence-corrected chi connectivity index (χ4v) is 1.63. The monoisotopic (exact) mass is 151 g/mol. The van der Waals surface area contributed by atoms with Gasteiger partial charge in [0.2, 0.25) is 0 Å². The van der Waals surface area contributed by atoms with Crippen LogP contribution in [0.25, 0.3) is 0 Å². The minimum Gasteiger partial charge on any atom is -0.145 e. The van der Waals surface area contributed by atoms with Crippen LogP contribution in [0.3, 0.4) is 0 Å². The summed E-state index contributed by atoms with van der Waals surface area (Å²) in [6, 6.07) is 0. The lowest BCUT2D eigenvalue weighted by atomic mass is 9.91. The van der Waals surface area contributed by atoms with E-state index in [0.717, 1.165) is 17.6 Å². The molecule has 0 radical (unpaired) electrons. The highest BCUT2D eigenvalue weighted by molar-refractivity contribution is 5.36. The van der Waals surface area contributed by atoms with Crippen LogP contribution >= 0.6 is 0 Å². The molecule has 1 aliphatic rings. The fourth-order valence-electron chi connectivity index (χ4n) is 1.63. The van der Waals surface area contributed by atoms with Gasteiger partial charge in [0.15, 0.2) is 0 Å². The molecule has 2 nitrogen and oxygen atoms in total. The Balaban J connectivity index is 2.99. The zero-order valence-corrected chi connectivity index (χ0v) is 7.22. The first kappa shape index (κ1) is 8.18. The highest BCUT2D eigenvalue weighted by Gasteiger charge is 2.14. The van der Waals surface area contributed by atoms with Crippen LogP contribution in [0.15, 0.2) is 28.1 Å². The predicted molar refractivity (Wildman–Crippen MR) is 46.0 cm³/mol. The predicted octanol–water partition coefficient (Wildman–Crippen LogP) is 3.01. The minimum atomic E-state index is 0.556. The van der Waals surface area contributed by atoms with Gasteiger partial charge in [-0.15, -0.1) is 4.91 Å². The molecule has 0 amide bonds. The lowest BCUT2D eigenvalue weighted by molar-refractivity contribution is 0.689. The summed E-state index contributed by atoms with van der Waals surface area (Å²) in [4.78, 5) is 10.3. The van der Waals surface area contributed by atoms with E-state index in [1.54, 1.807) is 0 Å². The molecule has 0 saturated carbocycles. The number of hydrogen-bond acceptors (Lipinski definition) is 2. The molecule has 2 heteroatoms. The van der Waals surface area contributed by atoms with E-state index in [2.05, 4.69) is 18.2 Å². The van der Waals surface area contributed by atoms with Crippen molar-refractivity contribution in [2.24, 2.45) is 11.1 Å². The van der Waals surface area contributed by atoms with Gasteiger partial charge in [-0.25, -0.2) is 0 Å². The summed E-state index contributed by atoms with van der Waals surface area (Å²) in [6.07, 6.45) is 3.07. The van der Waals surface area contributed by atoms with Gasteiger partial charge in [0.25, 0.3) is 0 Å². The Morgan fingerprint density at radius 3 is 2.64 bits per heavy atom. The molecule has 1 atom stereocenters. The number of hydrogen-bond donors (Lipinski definition) is 0. The standard InChI is InChI=1S/C9H13NO/c1-6-4-7(2)9(10-11)8(3)5-6/h4,6H,5H2,1-3H3. The second-order valence-corrected chi connectivity index (χ2v) is 3.25. The maximum atomic E-state index is 10.3. The highest BCUT2D eigenvalue weighted by atomic mass is 16.3. The zero-order valence-electron chi connectivity index (χ0n) is 7.22. The first-order valence-corrected chi connectivity index (χ1v) is 3.87. The van der Waals surface area contributed by atoms with Crippen molar-refractivity contribution < 1.29 is 0 Å². The number of nitrogens with zero attached hydrogens (tertiary/aromatic N) is 1. The average Bonchev–Trinajstić information content (AvgIpc) is 1.85. The van der Waals surface area contributed by atoms with Gasteiger partial charge < -0.3 is 0 Å². The highest BCUT2D eigenvalue weighted by Crippen LogP contribution is 2.28. The number of allylic oxidation sites excluding steroid dienone is 3. The smallest absolute Gasteiger partial charge is 0.109 e. The summed E-state index contributed by atoms with van der Waals surface area (Å²) in [6.45, 7) is 6.06. The van der Waals surface area contributed by atoms with Gasteiger partial charge in [-0.05, 0) is 42.5 Å². The Morgan fingerprint density at radius 2 is 2.18 bits per heavy atom. The van der Waals surface area contributed by atoms with Crippen LogP contribution in [0.1, 0.15) is 27.2 Å². The van der Waals surface area contributed by atoms with Gasteiger partial charge in [-0.1, -0.05) is 13.0 Å². The Hall–Kier alpha value is -0.920. The largest absolute Gasteiger partial charge is 0.145 e. The van der Waals surface area contributed by atoms with Crippen LogP contribution in [0.5, 0.6) is 0 Å². The quantitative estimate of drug-likeness (QED) is 0.529. The van der Waals surface area contributed by atoms with E-state index in [0.29, 0.717) is 11.6 Å². The van der Waals surface area contributed by atoms with E-state index in [9.17, 15) is 4.91 Å². The molecular weight excluding hydrogens is 138 g/mol. The third kappa shape index (κ3) is 1.56. The van der Waals surface area contributed by atoms with Crippen molar-refractivity contribution in [3.05, 3.63) is 27.8 Å². The molecule has 0 spiro atoms. The summed E-state index contributed by atoms with van der Waals surface area (Å²) in [7, 11) is 0. The molecule has 1 unspecified atom stereocenters. The van der Waals surface area contributed by atoms with Gasteiger partial charge in [0.05, 0.1) is 0 Å². The van der Waals surface area contributed by atoms with Crippen molar-refractivity contribution in [1.82, 2.24) is 0 Å². The van der Waals surface area contributed by atoms with E-state index in [1.807, 2.05) is 13.8 Å². The van der Waals surface area contributed by atoms with E-state index in [-0.39, 0.29) is 0 Å². The zero-order chi connectivity index (χ0) is 8.43. The third-order valence-corrected chi connectivity index (χ3v) is 2.03. The van der Waals surface area contributed by atoms with E-state index < -0.39 is 0 Å². The van der Waals surface area contributed by atoms with Gasteiger partial charge in [-0.3, -0.25) is 0 Å². The molecule has 0 aromatic rings. The molecule has 0 aromatic heterocycles. The van der Waals surface area contributed by atoms with Crippen molar-refractivity contribution in [2.45, 2.75) is 27.2 Å². The van der Waals surface area contributed by atoms with Crippen molar-refractivity contribution in [2.75, 3.05) is 0 Å². The van der Waals surface area contributed by atoms with Crippen molar-refractivity contribution in [3.63, 3.8) is 0 Å². The Morgan fingerprint density at radius 1 is 1.55 bits per heavy atom. The fraction of sp³-hybridized carbons (Fsp3) is 0.556. The third-order valence-electron chi connectivity index (χ3n) is 2.03. The topological polar surface area (TPSA) is 29.4 Å². The van der Waals surface area contributed by atoms with Crippen LogP contribution in [-0.4, -0.2) is 0 Å². The van der Waals surface area contributed by atoms with Crippen LogP contribution in [0.2, 0.25) is 0 Å². The summed E-state index contributed by atoms with van der Waals surface area (Å²) in [5.41, 5.74) is 2.80. The lowest BCUT2D eigenvalue weighted by Gasteiger charge is -2.16. The Kier molecular flexibility index (Phi) is 2.22. The molecule has 0 fully saturated rings. The summed E-state index contributed by atoms with van der Waals surface area (Å²) in [5.74, 6) is 0.556. The van der Waals surface area contributed by atoms with Gasteiger partial charge in [0.1, 0.15) is 5.70 Å². The normalized spacial score (nSPS) is 25.0. The SMILES string of the molecule is CC1=CC(C)CC(C)=C1N=O. The molecule has 0 aliphatic heterocycles. The summed E-state index contributed by atoms with van der Waals surface area (Å²) < 4.78 is 0. The molecule has 60 valence electrons. The molecule has 0 aromatic carbocycles. The van der Waals surface area contributed by atoms with Crippen LogP contribution in [0, 0.1) is 10.8 Å². The van der Waals surface area contributed by atoms with E-state index in [1.165, 1.54) is 0 Å². The lowest BCUT2D eigenvalue weighted by Crippen LogP contribution is -2.02. The molecule has 1 aliphatic carbocycles. The molecule has 0 N–H and O–H groups in total. The maximum absolute atomic E-state index is 10.3. The van der Waals surface area contributed by atoms with Crippen molar-refractivity contribution in [1.29, 1.82) is 0 Å². The molecular formula is C9H13NO. The van der Waals surface area contributed by atoms with Gasteiger partial charge in [0, 0.05) is 0 Å². The minimum absolute atomic E-state index is 0.556. The average molecular weight is 151 g/mol. The molecule has 1 rings (SSSR count). The molecule has 0 bridgehead atoms. The Bertz CT molecular complexity index is 238. The van der Waals surface area contributed by atoms with Crippen LogP contribution < -0.4 is 0 Å². The van der Waals surface area contributed by atoms with Crippen LogP contribution in [-0.2, 0) is 0 Å². The van der Waals surface area contributed by atoms with E-state index >= 15 is 0 Å². The summed E-state index contributed by atoms with van der Waals surface area (Å²) >= 11 is 0. The van der Waals surface area contributed by atoms with Gasteiger partial charge in [-0.2, -0.15) is 0 Å². The second kappa shape index (κ2) is 2.99. The molecule has 0 saturated heterocycles. The second-order valence-electron chi connectivity index (χ2n) is 3.25. The first-order chi connectivity index (χ1) is 5.15. The van der Waals surface area contributed by atoms with Crippen LogP contribution in [0.4, 0.5) is 0 Å². The maximum Gasteiger partial charge on any atom is 0.109 e. The summed E-state index contributed by atoms with van der Waals surface area (Å²) in [5, 5.41) is 3.01.